The van der Waals surface area contributed by atoms with E-state index >= 15 is 0 Å². The average molecular weight is 377 g/mol. The number of aliphatic imine (C=N–C) groups is 1. The van der Waals surface area contributed by atoms with Crippen molar-refractivity contribution in [3.63, 3.8) is 0 Å². The Morgan fingerprint density at radius 3 is 2.46 bits per heavy atom. The van der Waals surface area contributed by atoms with Gasteiger partial charge in [0.15, 0.2) is 5.96 Å². The fraction of sp³-hybridized carbons (Fsp3) is 0.318. The van der Waals surface area contributed by atoms with Crippen LogP contribution in [0.1, 0.15) is 31.9 Å². The molecule has 146 valence electrons. The van der Waals surface area contributed by atoms with Gasteiger partial charge < -0.3 is 10.6 Å². The molecule has 0 spiro atoms. The molecule has 0 bridgehead atoms. The zero-order valence-corrected chi connectivity index (χ0v) is 17.0. The SMILES string of the molecule is CN=C(NCc1ccccc1-c1ccc(Cn2cncn2)cc1)NC(C)(C)C. The molecule has 1 aromatic heterocycles. The lowest BCUT2D eigenvalue weighted by Crippen LogP contribution is -2.47. The predicted molar refractivity (Wildman–Crippen MR) is 114 cm³/mol. The van der Waals surface area contributed by atoms with Gasteiger partial charge in [-0.1, -0.05) is 48.5 Å². The van der Waals surface area contributed by atoms with E-state index in [0.717, 1.165) is 12.5 Å². The average Bonchev–Trinajstić information content (AvgIpc) is 3.18. The normalized spacial score (nSPS) is 12.1. The minimum Gasteiger partial charge on any atom is -0.352 e. The molecule has 0 fully saturated rings. The molecule has 3 rings (SSSR count). The number of hydrogen-bond acceptors (Lipinski definition) is 3. The molecule has 3 aromatic rings. The first-order chi connectivity index (χ1) is 13.4. The Balaban J connectivity index is 1.73. The van der Waals surface area contributed by atoms with Gasteiger partial charge in [0.1, 0.15) is 12.7 Å². The van der Waals surface area contributed by atoms with Gasteiger partial charge in [0.25, 0.3) is 0 Å². The minimum atomic E-state index is -0.0404. The maximum absolute atomic E-state index is 4.32. The maximum atomic E-state index is 4.32. The molecule has 0 aliphatic rings. The summed E-state index contributed by atoms with van der Waals surface area (Å²) in [7, 11) is 1.79. The highest BCUT2D eigenvalue weighted by Crippen LogP contribution is 2.24. The maximum Gasteiger partial charge on any atom is 0.191 e. The zero-order valence-electron chi connectivity index (χ0n) is 17.0. The van der Waals surface area contributed by atoms with Crippen LogP contribution in [0, 0.1) is 0 Å². The van der Waals surface area contributed by atoms with Crippen LogP contribution in [0.5, 0.6) is 0 Å². The third kappa shape index (κ3) is 5.42. The fourth-order valence-corrected chi connectivity index (χ4v) is 2.96. The van der Waals surface area contributed by atoms with Crippen LogP contribution >= 0.6 is 0 Å². The van der Waals surface area contributed by atoms with Crippen molar-refractivity contribution < 1.29 is 0 Å². The summed E-state index contributed by atoms with van der Waals surface area (Å²) in [5.41, 5.74) is 4.79. The molecule has 0 radical (unpaired) electrons. The first-order valence-electron chi connectivity index (χ1n) is 9.43. The molecular formula is C22H28N6. The number of benzene rings is 2. The second-order valence-corrected chi connectivity index (χ2v) is 7.75. The molecule has 2 N–H and O–H groups in total. The summed E-state index contributed by atoms with van der Waals surface area (Å²) in [5.74, 6) is 0.797. The van der Waals surface area contributed by atoms with Crippen molar-refractivity contribution in [3.8, 4) is 11.1 Å². The second kappa shape index (κ2) is 8.69. The molecule has 2 aromatic carbocycles. The third-order valence-electron chi connectivity index (χ3n) is 4.26. The highest BCUT2D eigenvalue weighted by atomic mass is 15.3. The molecule has 6 nitrogen and oxygen atoms in total. The van der Waals surface area contributed by atoms with E-state index in [-0.39, 0.29) is 5.54 Å². The first kappa shape index (κ1) is 19.6. The number of nitrogens with one attached hydrogen (secondary N) is 2. The van der Waals surface area contributed by atoms with Crippen LogP contribution in [-0.4, -0.2) is 33.3 Å². The van der Waals surface area contributed by atoms with Gasteiger partial charge in [-0.2, -0.15) is 5.10 Å². The van der Waals surface area contributed by atoms with E-state index in [1.54, 1.807) is 19.7 Å². The second-order valence-electron chi connectivity index (χ2n) is 7.75. The Morgan fingerprint density at radius 2 is 1.82 bits per heavy atom. The van der Waals surface area contributed by atoms with Gasteiger partial charge in [0.2, 0.25) is 0 Å². The van der Waals surface area contributed by atoms with Gasteiger partial charge in [-0.25, -0.2) is 9.67 Å². The highest BCUT2D eigenvalue weighted by molar-refractivity contribution is 5.80. The Hall–Kier alpha value is -3.15. The third-order valence-corrected chi connectivity index (χ3v) is 4.26. The number of guanidine groups is 1. The highest BCUT2D eigenvalue weighted by Gasteiger charge is 2.12. The van der Waals surface area contributed by atoms with E-state index in [1.807, 2.05) is 4.68 Å². The number of aromatic nitrogens is 3. The lowest BCUT2D eigenvalue weighted by molar-refractivity contribution is 0.501. The van der Waals surface area contributed by atoms with Crippen molar-refractivity contribution in [2.45, 2.75) is 39.4 Å². The van der Waals surface area contributed by atoms with Crippen LogP contribution in [0.4, 0.5) is 0 Å². The largest absolute Gasteiger partial charge is 0.352 e. The van der Waals surface area contributed by atoms with Crippen LogP contribution in [0.3, 0.4) is 0 Å². The molecule has 0 aliphatic carbocycles. The zero-order chi connectivity index (χ0) is 20.0. The standard InChI is InChI=1S/C22H28N6/c1-22(2,3)27-21(23-4)25-13-19-7-5-6-8-20(19)18-11-9-17(10-12-18)14-28-16-24-15-26-28/h5-12,15-16H,13-14H2,1-4H3,(H2,23,25,27). The van der Waals surface area contributed by atoms with Gasteiger partial charge >= 0.3 is 0 Å². The monoisotopic (exact) mass is 376 g/mol. The molecule has 0 amide bonds. The summed E-state index contributed by atoms with van der Waals surface area (Å²) in [6.07, 6.45) is 3.29. The van der Waals surface area contributed by atoms with E-state index in [0.29, 0.717) is 6.54 Å². The molecule has 1 heterocycles. The summed E-state index contributed by atoms with van der Waals surface area (Å²) in [5, 5.41) is 11.0. The first-order valence-corrected chi connectivity index (χ1v) is 9.43. The fourth-order valence-electron chi connectivity index (χ4n) is 2.96. The summed E-state index contributed by atoms with van der Waals surface area (Å²) in [6, 6.07) is 17.0. The summed E-state index contributed by atoms with van der Waals surface area (Å²) in [4.78, 5) is 8.31. The van der Waals surface area contributed by atoms with Crippen molar-refractivity contribution in [2.24, 2.45) is 4.99 Å². The van der Waals surface area contributed by atoms with Gasteiger partial charge in [-0.3, -0.25) is 4.99 Å². The van der Waals surface area contributed by atoms with Crippen LogP contribution in [0.25, 0.3) is 11.1 Å². The smallest absolute Gasteiger partial charge is 0.191 e. The van der Waals surface area contributed by atoms with E-state index in [1.165, 1.54) is 22.3 Å². The molecule has 0 unspecified atom stereocenters. The molecule has 0 aliphatic heterocycles. The summed E-state index contributed by atoms with van der Waals surface area (Å²) >= 11 is 0. The van der Waals surface area contributed by atoms with Crippen molar-refractivity contribution in [3.05, 3.63) is 72.3 Å². The molecule has 0 saturated carbocycles. The minimum absolute atomic E-state index is 0.0404. The van der Waals surface area contributed by atoms with Gasteiger partial charge in [0, 0.05) is 19.1 Å². The molecule has 0 atom stereocenters. The van der Waals surface area contributed by atoms with Gasteiger partial charge in [-0.15, -0.1) is 0 Å². The van der Waals surface area contributed by atoms with Crippen LogP contribution in [0.15, 0.2) is 66.2 Å². The van der Waals surface area contributed by atoms with Crippen molar-refractivity contribution >= 4 is 5.96 Å². The Morgan fingerprint density at radius 1 is 1.07 bits per heavy atom. The van der Waals surface area contributed by atoms with Crippen LogP contribution < -0.4 is 10.6 Å². The van der Waals surface area contributed by atoms with Crippen molar-refractivity contribution in [2.75, 3.05) is 7.05 Å². The Labute approximate surface area is 166 Å². The van der Waals surface area contributed by atoms with Crippen LogP contribution in [0.2, 0.25) is 0 Å². The van der Waals surface area contributed by atoms with Gasteiger partial charge in [0.05, 0.1) is 6.54 Å². The molecular weight excluding hydrogens is 348 g/mol. The van der Waals surface area contributed by atoms with E-state index in [9.17, 15) is 0 Å². The van der Waals surface area contributed by atoms with Crippen molar-refractivity contribution in [1.82, 2.24) is 25.4 Å². The van der Waals surface area contributed by atoms with E-state index in [2.05, 4.69) is 95.0 Å². The Bertz CT molecular complexity index is 905. The number of rotatable bonds is 5. The topological polar surface area (TPSA) is 67.1 Å². The predicted octanol–water partition coefficient (Wildman–Crippen LogP) is 3.46. The Kier molecular flexibility index (Phi) is 6.09. The van der Waals surface area contributed by atoms with E-state index < -0.39 is 0 Å². The lowest BCUT2D eigenvalue weighted by Gasteiger charge is -2.24. The lowest BCUT2D eigenvalue weighted by atomic mass is 9.98. The molecule has 28 heavy (non-hydrogen) atoms. The number of hydrogen-bond donors (Lipinski definition) is 2. The van der Waals surface area contributed by atoms with E-state index in [4.69, 9.17) is 0 Å². The van der Waals surface area contributed by atoms with Gasteiger partial charge in [-0.05, 0) is 43.0 Å². The summed E-state index contributed by atoms with van der Waals surface area (Å²) in [6.45, 7) is 7.78. The van der Waals surface area contributed by atoms with Crippen molar-refractivity contribution in [1.29, 1.82) is 0 Å². The number of nitrogens with zero attached hydrogens (tertiary/aromatic N) is 4. The van der Waals surface area contributed by atoms with Crippen LogP contribution in [-0.2, 0) is 13.1 Å². The molecule has 6 heteroatoms. The summed E-state index contributed by atoms with van der Waals surface area (Å²) < 4.78 is 1.82. The molecule has 0 saturated heterocycles. The quantitative estimate of drug-likeness (QED) is 0.529.